The van der Waals surface area contributed by atoms with E-state index in [4.69, 9.17) is 0 Å². The number of rotatable bonds is 3. The molecule has 2 heterocycles. The number of allylic oxidation sites excluding steroid dienone is 5. The number of hydrogen-bond donors (Lipinski definition) is 1. The molecule has 2 rings (SSSR count). The van der Waals surface area contributed by atoms with Crippen LogP contribution < -0.4 is 5.43 Å². The Morgan fingerprint density at radius 2 is 2.24 bits per heavy atom. The summed E-state index contributed by atoms with van der Waals surface area (Å²) >= 11 is 0. The van der Waals surface area contributed by atoms with Crippen LogP contribution in [0, 0.1) is 5.92 Å². The minimum absolute atomic E-state index is 0.334. The summed E-state index contributed by atoms with van der Waals surface area (Å²) < 4.78 is 0. The lowest BCUT2D eigenvalue weighted by Crippen LogP contribution is -2.37. The summed E-state index contributed by atoms with van der Waals surface area (Å²) in [6, 6.07) is 0.334. The molecule has 0 aromatic carbocycles. The minimum Gasteiger partial charge on any atom is -0.283 e. The fraction of sp³-hybridized carbons (Fsp3) is 0.333. The van der Waals surface area contributed by atoms with E-state index in [-0.39, 0.29) is 0 Å². The maximum atomic E-state index is 4.18. The lowest BCUT2D eigenvalue weighted by atomic mass is 9.91. The van der Waals surface area contributed by atoms with Crippen LogP contribution in [0.2, 0.25) is 0 Å². The van der Waals surface area contributed by atoms with Gasteiger partial charge < -0.3 is 0 Å². The Balaban J connectivity index is 2.42. The predicted octanol–water partition coefficient (Wildman–Crippen LogP) is 3.30. The molecule has 1 N–H and O–H groups in total. The molecule has 0 bridgehead atoms. The molecule has 90 valence electrons. The molecule has 0 fully saturated rings. The van der Waals surface area contributed by atoms with Crippen LogP contribution in [0.25, 0.3) is 0 Å². The van der Waals surface area contributed by atoms with Crippen LogP contribution in [0.15, 0.2) is 60.0 Å². The molecule has 2 nitrogen and oxygen atoms in total. The van der Waals surface area contributed by atoms with Gasteiger partial charge in [-0.1, -0.05) is 38.7 Å². The molecule has 0 saturated carbocycles. The molecule has 0 spiro atoms. The Morgan fingerprint density at radius 3 is 2.88 bits per heavy atom. The number of fused-ring (bicyclic) bond motifs is 1. The van der Waals surface area contributed by atoms with E-state index in [0.29, 0.717) is 12.0 Å². The highest BCUT2D eigenvalue weighted by Gasteiger charge is 2.32. The molecule has 2 heteroatoms. The normalized spacial score (nSPS) is 23.1. The van der Waals surface area contributed by atoms with Gasteiger partial charge in [-0.3, -0.25) is 5.01 Å². The van der Waals surface area contributed by atoms with Crippen molar-refractivity contribution in [3.8, 4) is 0 Å². The van der Waals surface area contributed by atoms with Gasteiger partial charge in [-0.05, 0) is 30.6 Å². The van der Waals surface area contributed by atoms with Gasteiger partial charge in [-0.15, -0.1) is 0 Å². The van der Waals surface area contributed by atoms with Crippen molar-refractivity contribution in [2.24, 2.45) is 5.92 Å². The smallest absolute Gasteiger partial charge is 0.0625 e. The van der Waals surface area contributed by atoms with Gasteiger partial charge in [0.1, 0.15) is 0 Å². The van der Waals surface area contributed by atoms with Crippen LogP contribution in [0.3, 0.4) is 0 Å². The zero-order valence-corrected chi connectivity index (χ0v) is 10.8. The van der Waals surface area contributed by atoms with Crippen molar-refractivity contribution in [3.05, 3.63) is 60.0 Å². The molecular formula is C15H20N2. The zero-order chi connectivity index (χ0) is 12.4. The third kappa shape index (κ3) is 2.13. The van der Waals surface area contributed by atoms with Gasteiger partial charge in [-0.25, -0.2) is 5.43 Å². The summed E-state index contributed by atoms with van der Waals surface area (Å²) in [5.41, 5.74) is 7.12. The number of hydrogen-bond acceptors (Lipinski definition) is 2. The van der Waals surface area contributed by atoms with Gasteiger partial charge in [-0.2, -0.15) is 0 Å². The monoisotopic (exact) mass is 228 g/mol. The average molecular weight is 228 g/mol. The van der Waals surface area contributed by atoms with Gasteiger partial charge in [0.2, 0.25) is 0 Å². The Bertz CT molecular complexity index is 436. The van der Waals surface area contributed by atoms with Crippen LogP contribution in [0.4, 0.5) is 0 Å². The van der Waals surface area contributed by atoms with E-state index in [9.17, 15) is 0 Å². The first kappa shape index (κ1) is 11.9. The van der Waals surface area contributed by atoms with E-state index in [0.717, 1.165) is 5.57 Å². The molecule has 2 aliphatic rings. The average Bonchev–Trinajstić information content (AvgIpc) is 2.68. The standard InChI is InChI=1S/C15H20N2/c1-5-8-12(4)14-13-9-6-7-10-17(13)16-15(14)11(2)3/h5-11,15-16H,4H2,1-3H3/b8-5+. The highest BCUT2D eigenvalue weighted by molar-refractivity contribution is 5.51. The number of hydrazine groups is 1. The Hall–Kier alpha value is -1.54. The molecule has 0 radical (unpaired) electrons. The van der Waals surface area contributed by atoms with E-state index in [1.165, 1.54) is 11.3 Å². The van der Waals surface area contributed by atoms with E-state index in [1.807, 2.05) is 19.1 Å². The second-order valence-electron chi connectivity index (χ2n) is 4.75. The summed E-state index contributed by atoms with van der Waals surface area (Å²) in [4.78, 5) is 0. The minimum atomic E-state index is 0.334. The lowest BCUT2D eigenvalue weighted by molar-refractivity contribution is 0.310. The Morgan fingerprint density at radius 1 is 1.47 bits per heavy atom. The quantitative estimate of drug-likeness (QED) is 0.746. The fourth-order valence-corrected chi connectivity index (χ4v) is 2.29. The van der Waals surface area contributed by atoms with Gasteiger partial charge in [0, 0.05) is 11.8 Å². The molecule has 2 aliphatic heterocycles. The van der Waals surface area contributed by atoms with Crippen LogP contribution in [0.1, 0.15) is 20.8 Å². The predicted molar refractivity (Wildman–Crippen MR) is 72.9 cm³/mol. The molecule has 0 saturated heterocycles. The molecule has 17 heavy (non-hydrogen) atoms. The largest absolute Gasteiger partial charge is 0.283 e. The summed E-state index contributed by atoms with van der Waals surface area (Å²) in [6.45, 7) is 10.7. The van der Waals surface area contributed by atoms with E-state index < -0.39 is 0 Å². The first-order valence-electron chi connectivity index (χ1n) is 6.11. The van der Waals surface area contributed by atoms with Crippen molar-refractivity contribution in [1.29, 1.82) is 0 Å². The maximum absolute atomic E-state index is 4.18. The van der Waals surface area contributed by atoms with Crippen molar-refractivity contribution < 1.29 is 0 Å². The number of nitrogens with zero attached hydrogens (tertiary/aromatic N) is 1. The van der Waals surface area contributed by atoms with Crippen molar-refractivity contribution in [2.75, 3.05) is 0 Å². The fourth-order valence-electron chi connectivity index (χ4n) is 2.29. The van der Waals surface area contributed by atoms with Crippen molar-refractivity contribution >= 4 is 0 Å². The first-order valence-corrected chi connectivity index (χ1v) is 6.11. The van der Waals surface area contributed by atoms with E-state index >= 15 is 0 Å². The van der Waals surface area contributed by atoms with Crippen molar-refractivity contribution in [3.63, 3.8) is 0 Å². The highest BCUT2D eigenvalue weighted by atomic mass is 15.5. The molecule has 0 aromatic rings. The molecule has 0 aromatic heterocycles. The second-order valence-corrected chi connectivity index (χ2v) is 4.75. The maximum Gasteiger partial charge on any atom is 0.0625 e. The Labute approximate surface area is 104 Å². The van der Waals surface area contributed by atoms with Crippen LogP contribution in [-0.2, 0) is 0 Å². The van der Waals surface area contributed by atoms with E-state index in [1.54, 1.807) is 0 Å². The highest BCUT2D eigenvalue weighted by Crippen LogP contribution is 2.32. The third-order valence-electron chi connectivity index (χ3n) is 3.11. The van der Waals surface area contributed by atoms with Gasteiger partial charge in [0.15, 0.2) is 0 Å². The van der Waals surface area contributed by atoms with Crippen molar-refractivity contribution in [1.82, 2.24) is 10.4 Å². The summed E-state index contributed by atoms with van der Waals surface area (Å²) in [7, 11) is 0. The lowest BCUT2D eigenvalue weighted by Gasteiger charge is -2.22. The summed E-state index contributed by atoms with van der Waals surface area (Å²) in [6.07, 6.45) is 12.4. The third-order valence-corrected chi connectivity index (χ3v) is 3.11. The van der Waals surface area contributed by atoms with Crippen LogP contribution in [-0.4, -0.2) is 11.1 Å². The van der Waals surface area contributed by atoms with Gasteiger partial charge >= 0.3 is 0 Å². The second kappa shape index (κ2) is 4.76. The van der Waals surface area contributed by atoms with Gasteiger partial charge in [0.05, 0.1) is 11.7 Å². The van der Waals surface area contributed by atoms with Crippen LogP contribution >= 0.6 is 0 Å². The Kier molecular flexibility index (Phi) is 3.34. The SMILES string of the molecule is C=C(/C=C/C)C1=C2C=CC=CN2NC1C(C)C. The summed E-state index contributed by atoms with van der Waals surface area (Å²) in [5.74, 6) is 0.534. The molecule has 1 atom stereocenters. The first-order chi connectivity index (χ1) is 8.15. The zero-order valence-electron chi connectivity index (χ0n) is 10.8. The van der Waals surface area contributed by atoms with E-state index in [2.05, 4.69) is 55.3 Å². The summed E-state index contributed by atoms with van der Waals surface area (Å²) in [5, 5.41) is 2.09. The van der Waals surface area contributed by atoms with Gasteiger partial charge in [0.25, 0.3) is 0 Å². The number of nitrogens with one attached hydrogen (secondary N) is 1. The molecular weight excluding hydrogens is 208 g/mol. The van der Waals surface area contributed by atoms with Crippen molar-refractivity contribution in [2.45, 2.75) is 26.8 Å². The molecule has 0 aliphatic carbocycles. The molecule has 0 amide bonds. The van der Waals surface area contributed by atoms with Crippen LogP contribution in [0.5, 0.6) is 0 Å². The molecule has 1 unspecified atom stereocenters. The topological polar surface area (TPSA) is 15.3 Å².